The fraction of sp³-hybridized carbons (Fsp3) is 0.188. The maximum Gasteiger partial charge on any atom is 0.315 e. The Morgan fingerprint density at radius 3 is 2.11 bits per heavy atom. The number of hydrogen-bond acceptors (Lipinski definition) is 3. The molecule has 1 aliphatic rings. The molecule has 0 N–H and O–H groups in total. The average Bonchev–Trinajstić information content (AvgIpc) is 2.79. The molecule has 2 aromatic carbocycles. The van der Waals surface area contributed by atoms with E-state index in [0.29, 0.717) is 5.75 Å². The normalized spacial score (nSPS) is 12.9. The lowest BCUT2D eigenvalue weighted by atomic mass is 10.1. The van der Waals surface area contributed by atoms with E-state index in [2.05, 4.69) is 48.5 Å². The van der Waals surface area contributed by atoms with Crippen molar-refractivity contribution in [2.75, 3.05) is 12.9 Å². The van der Waals surface area contributed by atoms with Gasteiger partial charge in [-0.05, 0) is 22.3 Å². The number of carbonyl (C=O) groups excluding carboxylic acids is 1. The molecule has 0 aromatic heterocycles. The van der Waals surface area contributed by atoms with E-state index >= 15 is 0 Å². The molecule has 0 amide bonds. The molecule has 0 unspecified atom stereocenters. The van der Waals surface area contributed by atoms with Crippen LogP contribution in [0.2, 0.25) is 0 Å². The first-order chi connectivity index (χ1) is 9.31. The van der Waals surface area contributed by atoms with Gasteiger partial charge in [-0.3, -0.25) is 4.79 Å². The maximum atomic E-state index is 11.3. The van der Waals surface area contributed by atoms with Crippen LogP contribution >= 0.6 is 11.8 Å². The van der Waals surface area contributed by atoms with E-state index in [9.17, 15) is 4.79 Å². The monoisotopic (exact) mass is 270 g/mol. The fourth-order valence-electron chi connectivity index (χ4n) is 2.50. The van der Waals surface area contributed by atoms with Crippen LogP contribution in [0.5, 0.6) is 0 Å². The van der Waals surface area contributed by atoms with Crippen LogP contribution in [0.1, 0.15) is 16.4 Å². The van der Waals surface area contributed by atoms with Gasteiger partial charge < -0.3 is 4.74 Å². The van der Waals surface area contributed by atoms with Gasteiger partial charge >= 0.3 is 5.97 Å². The molecule has 1 aliphatic carbocycles. The van der Waals surface area contributed by atoms with Crippen LogP contribution in [0.3, 0.4) is 0 Å². The molecule has 3 rings (SSSR count). The van der Waals surface area contributed by atoms with Gasteiger partial charge in [0.25, 0.3) is 0 Å². The van der Waals surface area contributed by atoms with E-state index < -0.39 is 0 Å². The minimum Gasteiger partial charge on any atom is -0.468 e. The molecule has 0 aliphatic heterocycles. The number of rotatable bonds is 3. The van der Waals surface area contributed by atoms with Crippen molar-refractivity contribution in [3.8, 4) is 11.1 Å². The number of fused-ring (bicyclic) bond motifs is 3. The van der Waals surface area contributed by atoms with Gasteiger partial charge in [-0.1, -0.05) is 48.5 Å². The fourth-order valence-corrected chi connectivity index (χ4v) is 3.69. The summed E-state index contributed by atoms with van der Waals surface area (Å²) in [6, 6.07) is 16.8. The minimum atomic E-state index is -0.174. The van der Waals surface area contributed by atoms with Crippen LogP contribution in [-0.4, -0.2) is 18.8 Å². The Morgan fingerprint density at radius 1 is 1.05 bits per heavy atom. The van der Waals surface area contributed by atoms with E-state index in [-0.39, 0.29) is 11.2 Å². The number of ether oxygens (including phenoxy) is 1. The van der Waals surface area contributed by atoms with Crippen molar-refractivity contribution in [1.29, 1.82) is 0 Å². The zero-order chi connectivity index (χ0) is 13.2. The van der Waals surface area contributed by atoms with Crippen LogP contribution in [0.25, 0.3) is 11.1 Å². The van der Waals surface area contributed by atoms with Crippen molar-refractivity contribution in [1.82, 2.24) is 0 Å². The molecule has 19 heavy (non-hydrogen) atoms. The molecule has 0 saturated heterocycles. The van der Waals surface area contributed by atoms with Gasteiger partial charge in [-0.25, -0.2) is 0 Å². The summed E-state index contributed by atoms with van der Waals surface area (Å²) in [5.41, 5.74) is 5.14. The third-order valence-electron chi connectivity index (χ3n) is 3.37. The van der Waals surface area contributed by atoms with Gasteiger partial charge in [-0.15, -0.1) is 11.8 Å². The Hall–Kier alpha value is -1.74. The minimum absolute atomic E-state index is 0.174. The highest BCUT2D eigenvalue weighted by molar-refractivity contribution is 8.00. The summed E-state index contributed by atoms with van der Waals surface area (Å²) in [7, 11) is 1.43. The number of thioether (sulfide) groups is 1. The number of methoxy groups -OCH3 is 1. The molecule has 0 atom stereocenters. The van der Waals surface area contributed by atoms with Crippen molar-refractivity contribution in [2.45, 2.75) is 5.25 Å². The Morgan fingerprint density at radius 2 is 1.58 bits per heavy atom. The predicted octanol–water partition coefficient (Wildman–Crippen LogP) is 3.66. The molecule has 0 bridgehead atoms. The molecule has 0 saturated carbocycles. The number of carbonyl (C=O) groups is 1. The largest absolute Gasteiger partial charge is 0.468 e. The second-order valence-electron chi connectivity index (χ2n) is 4.44. The zero-order valence-electron chi connectivity index (χ0n) is 10.6. The van der Waals surface area contributed by atoms with Crippen molar-refractivity contribution in [2.24, 2.45) is 0 Å². The Labute approximate surface area is 116 Å². The third kappa shape index (κ3) is 2.15. The van der Waals surface area contributed by atoms with Crippen molar-refractivity contribution in [3.63, 3.8) is 0 Å². The summed E-state index contributed by atoms with van der Waals surface area (Å²) in [5.74, 6) is 0.205. The molecule has 0 heterocycles. The highest BCUT2D eigenvalue weighted by Crippen LogP contribution is 2.49. The first-order valence-corrected chi connectivity index (χ1v) is 7.23. The highest BCUT2D eigenvalue weighted by Gasteiger charge is 2.28. The zero-order valence-corrected chi connectivity index (χ0v) is 11.4. The summed E-state index contributed by atoms with van der Waals surface area (Å²) in [6.07, 6.45) is 0. The van der Waals surface area contributed by atoms with Gasteiger partial charge in [0.1, 0.15) is 0 Å². The first kappa shape index (κ1) is 12.3. The van der Waals surface area contributed by atoms with E-state index in [1.54, 1.807) is 11.8 Å². The Balaban J connectivity index is 1.98. The quantitative estimate of drug-likeness (QED) is 0.796. The highest BCUT2D eigenvalue weighted by atomic mass is 32.2. The lowest BCUT2D eigenvalue weighted by Gasteiger charge is -2.12. The lowest BCUT2D eigenvalue weighted by molar-refractivity contribution is -0.137. The van der Waals surface area contributed by atoms with Crippen LogP contribution in [0.4, 0.5) is 0 Å². The molecule has 3 heteroatoms. The van der Waals surface area contributed by atoms with Gasteiger partial charge in [0.15, 0.2) is 0 Å². The number of hydrogen-bond donors (Lipinski definition) is 0. The predicted molar refractivity (Wildman–Crippen MR) is 78.2 cm³/mol. The molecular formula is C16H14O2S. The first-order valence-electron chi connectivity index (χ1n) is 6.18. The van der Waals surface area contributed by atoms with Crippen LogP contribution in [0.15, 0.2) is 48.5 Å². The van der Waals surface area contributed by atoms with Crippen LogP contribution < -0.4 is 0 Å². The smallest absolute Gasteiger partial charge is 0.315 e. The second kappa shape index (κ2) is 5.10. The van der Waals surface area contributed by atoms with E-state index in [1.165, 1.54) is 29.4 Å². The van der Waals surface area contributed by atoms with Gasteiger partial charge in [0, 0.05) is 0 Å². The Bertz CT molecular complexity index is 576. The van der Waals surface area contributed by atoms with Crippen molar-refractivity contribution >= 4 is 17.7 Å². The maximum absolute atomic E-state index is 11.3. The lowest BCUT2D eigenvalue weighted by Crippen LogP contribution is -2.05. The summed E-state index contributed by atoms with van der Waals surface area (Å²) in [5, 5.41) is 0.228. The average molecular weight is 270 g/mol. The number of esters is 1. The standard InChI is InChI=1S/C16H14O2S/c1-18-15(17)10-19-16-13-8-4-2-6-11(13)12-7-3-5-9-14(12)16/h2-9,16H,10H2,1H3. The van der Waals surface area contributed by atoms with Crippen LogP contribution in [0, 0.1) is 0 Å². The van der Waals surface area contributed by atoms with Crippen molar-refractivity contribution in [3.05, 3.63) is 59.7 Å². The van der Waals surface area contributed by atoms with Gasteiger partial charge in [0.05, 0.1) is 18.1 Å². The second-order valence-corrected chi connectivity index (χ2v) is 5.54. The summed E-state index contributed by atoms with van der Waals surface area (Å²) in [6.45, 7) is 0. The van der Waals surface area contributed by atoms with Crippen LogP contribution in [-0.2, 0) is 9.53 Å². The summed E-state index contributed by atoms with van der Waals surface area (Å²) in [4.78, 5) is 11.3. The van der Waals surface area contributed by atoms with E-state index in [1.807, 2.05) is 0 Å². The molecule has 0 radical (unpaired) electrons. The molecule has 0 spiro atoms. The molecule has 96 valence electrons. The molecule has 2 aromatic rings. The summed E-state index contributed by atoms with van der Waals surface area (Å²) >= 11 is 1.63. The topological polar surface area (TPSA) is 26.3 Å². The van der Waals surface area contributed by atoms with Gasteiger partial charge in [-0.2, -0.15) is 0 Å². The van der Waals surface area contributed by atoms with Gasteiger partial charge in [0.2, 0.25) is 0 Å². The Kier molecular flexibility index (Phi) is 3.30. The molecular weight excluding hydrogens is 256 g/mol. The summed E-state index contributed by atoms with van der Waals surface area (Å²) < 4.78 is 4.73. The third-order valence-corrected chi connectivity index (χ3v) is 4.62. The SMILES string of the molecule is COC(=O)CSC1c2ccccc2-c2ccccc21. The van der Waals surface area contributed by atoms with Crippen molar-refractivity contribution < 1.29 is 9.53 Å². The van der Waals surface area contributed by atoms with E-state index in [4.69, 9.17) is 4.74 Å². The number of benzene rings is 2. The van der Waals surface area contributed by atoms with E-state index in [0.717, 1.165) is 0 Å². The molecule has 2 nitrogen and oxygen atoms in total. The molecule has 0 fully saturated rings.